The Hall–Kier alpha value is -7.48. The van der Waals surface area contributed by atoms with Crippen LogP contribution in [0.15, 0.2) is 122 Å². The Morgan fingerprint density at radius 1 is 0.735 bits per heavy atom. The third kappa shape index (κ3) is 9.53. The van der Waals surface area contributed by atoms with Crippen molar-refractivity contribution in [1.82, 2.24) is 40.4 Å². The van der Waals surface area contributed by atoms with E-state index in [1.165, 1.54) is 0 Å². The van der Waals surface area contributed by atoms with Gasteiger partial charge < -0.3 is 39.9 Å². The summed E-state index contributed by atoms with van der Waals surface area (Å²) in [5, 5.41) is 6.06. The Morgan fingerprint density at radius 2 is 1.28 bits per heavy atom. The summed E-state index contributed by atoms with van der Waals surface area (Å²) in [6.45, 7) is 9.87. The first-order chi connectivity index (χ1) is 33.2. The molecule has 5 aromatic rings. The average Bonchev–Trinajstić information content (AvgIpc) is 4.31. The fourth-order valence-electron chi connectivity index (χ4n) is 9.38. The van der Waals surface area contributed by atoms with E-state index in [1.54, 1.807) is 28.1 Å². The highest BCUT2D eigenvalue weighted by Gasteiger charge is 2.39. The maximum atomic E-state index is 14.2. The predicted molar refractivity (Wildman–Crippen MR) is 256 cm³/mol. The Kier molecular flexibility index (Phi) is 12.7. The van der Waals surface area contributed by atoms with Crippen LogP contribution >= 0.6 is 0 Å². The van der Waals surface area contributed by atoms with Gasteiger partial charge in [0, 0.05) is 53.1 Å². The Bertz CT molecular complexity index is 2800. The molecule has 3 atom stereocenters. The number of nitrogens with zero attached hydrogens (tertiary/aromatic N) is 4. The second-order valence-electron chi connectivity index (χ2n) is 18.4. The quantitative estimate of drug-likeness (QED) is 0.0571. The summed E-state index contributed by atoms with van der Waals surface area (Å²) in [4.78, 5) is 74.2. The van der Waals surface area contributed by atoms with E-state index in [2.05, 4.69) is 45.9 Å². The molecule has 348 valence electrons. The molecule has 4 amide bonds. The second-order valence-corrected chi connectivity index (χ2v) is 18.4. The van der Waals surface area contributed by atoms with Crippen LogP contribution in [0.5, 0.6) is 5.75 Å². The van der Waals surface area contributed by atoms with E-state index in [0.717, 1.165) is 87.5 Å². The van der Waals surface area contributed by atoms with E-state index in [-0.39, 0.29) is 54.5 Å². The van der Waals surface area contributed by atoms with Gasteiger partial charge in [0.25, 0.3) is 0 Å². The van der Waals surface area contributed by atoms with Crippen LogP contribution < -0.4 is 15.4 Å². The molecule has 2 fully saturated rings. The highest BCUT2D eigenvalue weighted by molar-refractivity contribution is 5.92. The van der Waals surface area contributed by atoms with E-state index >= 15 is 0 Å². The van der Waals surface area contributed by atoms with E-state index in [4.69, 9.17) is 19.4 Å². The first-order valence-electron chi connectivity index (χ1n) is 23.7. The lowest BCUT2D eigenvalue weighted by Crippen LogP contribution is -2.43. The monoisotopic (exact) mass is 912 g/mol. The summed E-state index contributed by atoms with van der Waals surface area (Å²) < 4.78 is 13.1. The number of hydrogen-bond acceptors (Lipinski definition) is 8. The molecule has 4 N–H and O–H groups in total. The van der Waals surface area contributed by atoms with Gasteiger partial charge in [0.05, 0.1) is 43.5 Å². The van der Waals surface area contributed by atoms with Crippen LogP contribution in [-0.2, 0) is 43.6 Å². The zero-order valence-corrected chi connectivity index (χ0v) is 38.0. The van der Waals surface area contributed by atoms with Crippen molar-refractivity contribution in [2.75, 3.05) is 19.7 Å². The van der Waals surface area contributed by atoms with E-state index in [1.807, 2.05) is 72.9 Å². The minimum atomic E-state index is -0.812. The van der Waals surface area contributed by atoms with Crippen molar-refractivity contribution in [2.24, 2.45) is 17.8 Å². The molecule has 2 aliphatic heterocycles. The molecule has 0 radical (unpaired) electrons. The molecule has 0 saturated heterocycles. The van der Waals surface area contributed by atoms with E-state index in [9.17, 15) is 19.2 Å². The number of benzene rings is 3. The average molecular weight is 913 g/mol. The third-order valence-electron chi connectivity index (χ3n) is 13.4. The molecule has 4 heterocycles. The Labute approximate surface area is 395 Å². The molecule has 2 aromatic heterocycles. The van der Waals surface area contributed by atoms with Crippen LogP contribution in [0.2, 0.25) is 0 Å². The van der Waals surface area contributed by atoms with Crippen molar-refractivity contribution in [1.29, 1.82) is 0 Å². The van der Waals surface area contributed by atoms with Crippen LogP contribution in [0.1, 0.15) is 96.6 Å². The lowest BCUT2D eigenvalue weighted by atomic mass is 9.77. The molecule has 14 nitrogen and oxygen atoms in total. The fourth-order valence-corrected chi connectivity index (χ4v) is 9.38. The van der Waals surface area contributed by atoms with Crippen molar-refractivity contribution < 1.29 is 28.7 Å². The van der Waals surface area contributed by atoms with Crippen molar-refractivity contribution in [3.63, 3.8) is 0 Å². The number of hydrogen-bond donors (Lipinski definition) is 4. The summed E-state index contributed by atoms with van der Waals surface area (Å²) in [6.07, 6.45) is 14.5. The van der Waals surface area contributed by atoms with Gasteiger partial charge in [0.2, 0.25) is 23.6 Å². The van der Waals surface area contributed by atoms with Gasteiger partial charge in [-0.05, 0) is 79.9 Å². The first kappa shape index (κ1) is 44.4. The normalized spacial score (nSPS) is 17.6. The van der Waals surface area contributed by atoms with Crippen LogP contribution in [0.3, 0.4) is 0 Å². The lowest BCUT2D eigenvalue weighted by molar-refractivity contribution is -0.137. The van der Waals surface area contributed by atoms with Crippen molar-refractivity contribution in [3.05, 3.63) is 162 Å². The van der Waals surface area contributed by atoms with Crippen molar-refractivity contribution in [2.45, 2.75) is 76.7 Å². The lowest BCUT2D eigenvalue weighted by Gasteiger charge is -2.37. The number of aromatic amines is 2. The standard InChI is InChI=1S/C54H56N8O6/c1-3-5-21-61(53(65)49(33-13-9-7-10-14-33)59-51(63)35-17-18-35)29-45-55-27-41(57-45)37-23-39-31-68-44-26-38(24-40-32-67-43(25-37)47(39)48(40)44)42-28-56-46(58-42)30-62(22-6-4-2)54(66)50(34-15-11-8-12-16-34)60-52(64)36-19-20-36/h3-4,7-16,23,25-28,35-36,40,49-50H,1-2,5-6,17-22,24,29-32H2,(H,55,57)(H,56,58)(H,59,63)(H,60,64)/t40?,49-,50-/m1/s1. The SMILES string of the molecule is C=CCCN(Cc1ncc(C2=CC3=C4c5c(cc(-c6cnc(CN(CCC=C)C(=O)[C@H](NC(=O)C7CC7)c7ccccc7)[nH]6)cc5OCC4C2)CO3)[nH]1)C(=O)[C@H](NC(=O)C1CC1)c1ccccc1. The molecular formula is C54H56N8O6. The van der Waals surface area contributed by atoms with Crippen LogP contribution in [0.25, 0.3) is 22.4 Å². The van der Waals surface area contributed by atoms with Gasteiger partial charge >= 0.3 is 0 Å². The first-order valence-corrected chi connectivity index (χ1v) is 23.7. The molecule has 1 unspecified atom stereocenters. The number of carbonyl (C=O) groups is 4. The van der Waals surface area contributed by atoms with Crippen LogP contribution in [0.4, 0.5) is 0 Å². The summed E-state index contributed by atoms with van der Waals surface area (Å²) >= 11 is 0. The number of ether oxygens (including phenoxy) is 2. The zero-order chi connectivity index (χ0) is 46.7. The predicted octanol–water partition coefficient (Wildman–Crippen LogP) is 7.88. The van der Waals surface area contributed by atoms with E-state index < -0.39 is 12.1 Å². The molecule has 2 saturated carbocycles. The summed E-state index contributed by atoms with van der Waals surface area (Å²) in [5.41, 5.74) is 8.24. The van der Waals surface area contributed by atoms with Crippen LogP contribution in [-0.4, -0.2) is 73.1 Å². The number of H-pyrrole nitrogens is 2. The van der Waals surface area contributed by atoms with Gasteiger partial charge in [0.15, 0.2) is 0 Å². The largest absolute Gasteiger partial charge is 0.492 e. The van der Waals surface area contributed by atoms with Gasteiger partial charge in [-0.1, -0.05) is 72.8 Å². The number of nitrogens with one attached hydrogen (secondary N) is 4. The molecule has 3 aliphatic carbocycles. The van der Waals surface area contributed by atoms with Gasteiger partial charge in [0.1, 0.15) is 41.8 Å². The maximum absolute atomic E-state index is 14.2. The molecule has 68 heavy (non-hydrogen) atoms. The molecule has 5 aliphatic rings. The summed E-state index contributed by atoms with van der Waals surface area (Å²) in [7, 11) is 0. The molecule has 0 bridgehead atoms. The molecule has 0 spiro atoms. The van der Waals surface area contributed by atoms with Gasteiger partial charge in [-0.3, -0.25) is 19.2 Å². The number of imidazole rings is 2. The highest BCUT2D eigenvalue weighted by Crippen LogP contribution is 2.50. The Morgan fingerprint density at radius 3 is 1.82 bits per heavy atom. The number of rotatable bonds is 20. The highest BCUT2D eigenvalue weighted by atomic mass is 16.5. The molecular weight excluding hydrogens is 857 g/mol. The minimum Gasteiger partial charge on any atom is -0.492 e. The van der Waals surface area contributed by atoms with Gasteiger partial charge in [-0.25, -0.2) is 9.97 Å². The number of amides is 4. The number of allylic oxidation sites excluding steroid dienone is 2. The van der Waals surface area contributed by atoms with E-state index in [0.29, 0.717) is 57.2 Å². The third-order valence-corrected chi connectivity index (χ3v) is 13.4. The minimum absolute atomic E-state index is 0.0383. The zero-order valence-electron chi connectivity index (χ0n) is 38.0. The smallest absolute Gasteiger partial charge is 0.250 e. The van der Waals surface area contributed by atoms with Crippen LogP contribution in [0, 0.1) is 17.8 Å². The maximum Gasteiger partial charge on any atom is 0.250 e. The molecule has 3 aromatic carbocycles. The topological polar surface area (TPSA) is 175 Å². The second kappa shape index (κ2) is 19.4. The summed E-state index contributed by atoms with van der Waals surface area (Å²) in [6, 6.07) is 21.3. The molecule has 10 rings (SSSR count). The van der Waals surface area contributed by atoms with Gasteiger partial charge in [-0.15, -0.1) is 13.2 Å². The summed E-state index contributed by atoms with van der Waals surface area (Å²) in [5.74, 6) is 2.23. The van der Waals surface area contributed by atoms with Crippen molar-refractivity contribution >= 4 is 34.8 Å². The van der Waals surface area contributed by atoms with Gasteiger partial charge in [-0.2, -0.15) is 0 Å². The molecule has 14 heteroatoms. The number of carbonyl (C=O) groups excluding carboxylic acids is 4. The Balaban J connectivity index is 0.855. The number of aromatic nitrogens is 4. The van der Waals surface area contributed by atoms with Crippen molar-refractivity contribution in [3.8, 4) is 17.0 Å². The fraction of sp³-hybridized carbons (Fsp3) is 0.333.